The van der Waals surface area contributed by atoms with Crippen LogP contribution in [0.4, 0.5) is 5.69 Å². The summed E-state index contributed by atoms with van der Waals surface area (Å²) in [5.41, 5.74) is 3.56. The molecule has 1 aromatic rings. The van der Waals surface area contributed by atoms with Gasteiger partial charge in [0.15, 0.2) is 0 Å². The Labute approximate surface area is 114 Å². The zero-order valence-electron chi connectivity index (χ0n) is 11.8. The van der Waals surface area contributed by atoms with Crippen molar-refractivity contribution in [1.29, 1.82) is 0 Å². The third-order valence-electron chi connectivity index (χ3n) is 4.21. The molecule has 0 spiro atoms. The van der Waals surface area contributed by atoms with Crippen LogP contribution in [0.25, 0.3) is 0 Å². The number of rotatable bonds is 2. The third-order valence-corrected chi connectivity index (χ3v) is 4.21. The Balaban J connectivity index is 1.92. The number of hydrogen-bond acceptors (Lipinski definition) is 2. The van der Waals surface area contributed by atoms with Gasteiger partial charge in [0.2, 0.25) is 0 Å². The highest BCUT2D eigenvalue weighted by Crippen LogP contribution is 2.33. The van der Waals surface area contributed by atoms with E-state index in [1.165, 1.54) is 11.1 Å². The number of aryl methyl sites for hydroxylation is 1. The maximum absolute atomic E-state index is 12.4. The van der Waals surface area contributed by atoms with Crippen molar-refractivity contribution in [3.8, 4) is 0 Å². The van der Waals surface area contributed by atoms with Gasteiger partial charge in [0, 0.05) is 5.69 Å². The van der Waals surface area contributed by atoms with E-state index in [0.717, 1.165) is 18.5 Å². The van der Waals surface area contributed by atoms with Crippen LogP contribution in [0.5, 0.6) is 0 Å². The monoisotopic (exact) mass is 259 g/mol. The highest BCUT2D eigenvalue weighted by atomic mass is 16.5. The van der Waals surface area contributed by atoms with E-state index in [4.69, 9.17) is 4.74 Å². The second-order valence-electron chi connectivity index (χ2n) is 5.97. The van der Waals surface area contributed by atoms with E-state index in [9.17, 15) is 4.79 Å². The molecule has 2 bridgehead atoms. The lowest BCUT2D eigenvalue weighted by atomic mass is 9.99. The topological polar surface area (TPSA) is 29.5 Å². The molecule has 0 aliphatic carbocycles. The van der Waals surface area contributed by atoms with Crippen LogP contribution in [0.2, 0.25) is 0 Å². The molecule has 3 nitrogen and oxygen atoms in total. The van der Waals surface area contributed by atoms with Gasteiger partial charge in [-0.05, 0) is 42.9 Å². The molecule has 2 aliphatic rings. The summed E-state index contributed by atoms with van der Waals surface area (Å²) in [5, 5.41) is 0. The Hall–Kier alpha value is -1.35. The highest BCUT2D eigenvalue weighted by Gasteiger charge is 2.41. The summed E-state index contributed by atoms with van der Waals surface area (Å²) >= 11 is 0. The molecule has 2 saturated heterocycles. The van der Waals surface area contributed by atoms with Crippen molar-refractivity contribution in [2.75, 3.05) is 11.4 Å². The summed E-state index contributed by atoms with van der Waals surface area (Å²) in [4.78, 5) is 14.3. The Morgan fingerprint density at radius 1 is 1.32 bits per heavy atom. The predicted octanol–water partition coefficient (Wildman–Crippen LogP) is 3.01. The van der Waals surface area contributed by atoms with Crippen molar-refractivity contribution in [3.05, 3.63) is 29.3 Å². The van der Waals surface area contributed by atoms with E-state index in [1.807, 2.05) is 4.90 Å². The SMILES string of the molecule is Cc1cc(C(C)C)ccc1N1CC2CCC(O2)C1=O. The van der Waals surface area contributed by atoms with Crippen LogP contribution >= 0.6 is 0 Å². The summed E-state index contributed by atoms with van der Waals surface area (Å²) in [6, 6.07) is 6.43. The second kappa shape index (κ2) is 4.64. The van der Waals surface area contributed by atoms with Crippen molar-refractivity contribution in [2.24, 2.45) is 0 Å². The van der Waals surface area contributed by atoms with Crippen molar-refractivity contribution < 1.29 is 9.53 Å². The van der Waals surface area contributed by atoms with Crippen LogP contribution < -0.4 is 4.90 Å². The molecule has 0 aromatic heterocycles. The fourth-order valence-electron chi connectivity index (χ4n) is 3.05. The zero-order chi connectivity index (χ0) is 13.6. The highest BCUT2D eigenvalue weighted by molar-refractivity contribution is 5.98. The molecule has 1 aromatic carbocycles. The number of amides is 1. The molecule has 19 heavy (non-hydrogen) atoms. The lowest BCUT2D eigenvalue weighted by Crippen LogP contribution is -2.47. The summed E-state index contributed by atoms with van der Waals surface area (Å²) in [6.45, 7) is 7.17. The molecule has 1 amide bonds. The quantitative estimate of drug-likeness (QED) is 0.817. The van der Waals surface area contributed by atoms with Gasteiger partial charge in [-0.15, -0.1) is 0 Å². The summed E-state index contributed by atoms with van der Waals surface area (Å²) < 4.78 is 5.67. The molecule has 2 atom stereocenters. The number of benzene rings is 1. The van der Waals surface area contributed by atoms with Crippen LogP contribution in [-0.4, -0.2) is 24.7 Å². The molecule has 0 N–H and O–H groups in total. The molecule has 2 unspecified atom stereocenters. The number of fused-ring (bicyclic) bond motifs is 2. The molecule has 0 saturated carbocycles. The van der Waals surface area contributed by atoms with E-state index < -0.39 is 0 Å². The van der Waals surface area contributed by atoms with E-state index in [0.29, 0.717) is 12.5 Å². The first-order valence-corrected chi connectivity index (χ1v) is 7.13. The lowest BCUT2D eigenvalue weighted by molar-refractivity contribution is -0.133. The fraction of sp³-hybridized carbons (Fsp3) is 0.562. The van der Waals surface area contributed by atoms with Crippen molar-refractivity contribution in [1.82, 2.24) is 0 Å². The van der Waals surface area contributed by atoms with Crippen LogP contribution in [-0.2, 0) is 9.53 Å². The minimum Gasteiger partial charge on any atom is -0.363 e. The molecule has 0 radical (unpaired) electrons. The molecule has 2 aliphatic heterocycles. The van der Waals surface area contributed by atoms with E-state index in [2.05, 4.69) is 39.0 Å². The number of anilines is 1. The third kappa shape index (κ3) is 2.16. The Kier molecular flexibility index (Phi) is 3.09. The van der Waals surface area contributed by atoms with Crippen LogP contribution in [0.15, 0.2) is 18.2 Å². The lowest BCUT2D eigenvalue weighted by Gasteiger charge is -2.33. The first kappa shape index (κ1) is 12.7. The predicted molar refractivity (Wildman–Crippen MR) is 75.5 cm³/mol. The van der Waals surface area contributed by atoms with Gasteiger partial charge < -0.3 is 9.64 Å². The van der Waals surface area contributed by atoms with Gasteiger partial charge in [-0.3, -0.25) is 4.79 Å². The molecule has 3 heteroatoms. The van der Waals surface area contributed by atoms with Gasteiger partial charge in [0.25, 0.3) is 5.91 Å². The van der Waals surface area contributed by atoms with Gasteiger partial charge in [-0.25, -0.2) is 0 Å². The minimum atomic E-state index is -0.206. The molecular weight excluding hydrogens is 238 g/mol. The van der Waals surface area contributed by atoms with E-state index >= 15 is 0 Å². The zero-order valence-corrected chi connectivity index (χ0v) is 11.8. The summed E-state index contributed by atoms with van der Waals surface area (Å²) in [7, 11) is 0. The Morgan fingerprint density at radius 2 is 2.11 bits per heavy atom. The first-order chi connectivity index (χ1) is 9.06. The maximum Gasteiger partial charge on any atom is 0.256 e. The maximum atomic E-state index is 12.4. The van der Waals surface area contributed by atoms with Crippen molar-refractivity contribution in [3.63, 3.8) is 0 Å². The number of hydrogen-bond donors (Lipinski definition) is 0. The minimum absolute atomic E-state index is 0.133. The smallest absolute Gasteiger partial charge is 0.256 e. The number of ether oxygens (including phenoxy) is 1. The fourth-order valence-corrected chi connectivity index (χ4v) is 3.05. The Morgan fingerprint density at radius 3 is 2.79 bits per heavy atom. The largest absolute Gasteiger partial charge is 0.363 e. The van der Waals surface area contributed by atoms with Gasteiger partial charge in [0.1, 0.15) is 6.10 Å². The van der Waals surface area contributed by atoms with Gasteiger partial charge >= 0.3 is 0 Å². The van der Waals surface area contributed by atoms with Gasteiger partial charge in [-0.1, -0.05) is 26.0 Å². The second-order valence-corrected chi connectivity index (χ2v) is 5.97. The van der Waals surface area contributed by atoms with Gasteiger partial charge in [0.05, 0.1) is 12.6 Å². The van der Waals surface area contributed by atoms with Crippen molar-refractivity contribution in [2.45, 2.75) is 51.7 Å². The van der Waals surface area contributed by atoms with Crippen molar-refractivity contribution >= 4 is 11.6 Å². The standard InChI is InChI=1S/C16H21NO2/c1-10(2)12-4-6-14(11(3)8-12)17-9-13-5-7-15(19-13)16(17)18/h4,6,8,10,13,15H,5,7,9H2,1-3H3. The summed E-state index contributed by atoms with van der Waals surface area (Å²) in [6.07, 6.45) is 1.91. The average Bonchev–Trinajstić information content (AvgIpc) is 2.78. The van der Waals surface area contributed by atoms with Gasteiger partial charge in [-0.2, -0.15) is 0 Å². The molecular formula is C16H21NO2. The van der Waals surface area contributed by atoms with Crippen LogP contribution in [0, 0.1) is 6.92 Å². The number of morpholine rings is 1. The molecule has 2 fully saturated rings. The Bertz CT molecular complexity index is 509. The normalized spacial score (nSPS) is 26.3. The van der Waals surface area contributed by atoms with Crippen LogP contribution in [0.1, 0.15) is 43.7 Å². The number of carbonyl (C=O) groups is 1. The molecule has 102 valence electrons. The first-order valence-electron chi connectivity index (χ1n) is 7.13. The van der Waals surface area contributed by atoms with Crippen LogP contribution in [0.3, 0.4) is 0 Å². The number of nitrogens with zero attached hydrogens (tertiary/aromatic N) is 1. The molecule has 2 heterocycles. The van der Waals surface area contributed by atoms with E-state index in [1.54, 1.807) is 0 Å². The molecule has 3 rings (SSSR count). The average molecular weight is 259 g/mol. The number of carbonyl (C=O) groups excluding carboxylic acids is 1. The van der Waals surface area contributed by atoms with E-state index in [-0.39, 0.29) is 18.1 Å². The summed E-state index contributed by atoms with van der Waals surface area (Å²) in [5.74, 6) is 0.651.